The number of hydrogen-bond acceptors (Lipinski definition) is 6. The minimum atomic E-state index is -3.76. The minimum absolute atomic E-state index is 0.0375. The second-order valence-electron chi connectivity index (χ2n) is 9.18. The topological polar surface area (TPSA) is 89.2 Å². The normalized spacial score (nSPS) is 18.1. The molecule has 1 fully saturated rings. The largest absolute Gasteiger partial charge is 0.291 e. The third-order valence-electron chi connectivity index (χ3n) is 6.62. The summed E-state index contributed by atoms with van der Waals surface area (Å²) in [6.45, 7) is 7.59. The first-order chi connectivity index (χ1) is 16.6. The predicted molar refractivity (Wildman–Crippen MR) is 130 cm³/mol. The van der Waals surface area contributed by atoms with Crippen LogP contribution in [0.3, 0.4) is 0 Å². The van der Waals surface area contributed by atoms with Crippen molar-refractivity contribution in [2.45, 2.75) is 37.9 Å². The van der Waals surface area contributed by atoms with Crippen LogP contribution in [0.2, 0.25) is 0 Å². The van der Waals surface area contributed by atoms with Crippen molar-refractivity contribution in [3.8, 4) is 5.69 Å². The zero-order chi connectivity index (χ0) is 24.9. The number of piperazine rings is 1. The molecule has 1 unspecified atom stereocenters. The van der Waals surface area contributed by atoms with Gasteiger partial charge in [0.15, 0.2) is 0 Å². The number of fused-ring (bicyclic) bond motifs is 1. The molecule has 1 atom stereocenters. The molecule has 1 aliphatic heterocycles. The van der Waals surface area contributed by atoms with E-state index in [9.17, 15) is 12.8 Å². The molecule has 9 nitrogen and oxygen atoms in total. The molecule has 1 aliphatic rings. The summed E-state index contributed by atoms with van der Waals surface area (Å²) in [4.78, 5) is 3.59. The number of nitrogens with zero attached hydrogens (tertiary/aromatic N) is 7. The Balaban J connectivity index is 1.53. The average Bonchev–Trinajstić information content (AvgIpc) is 3.45. The van der Waals surface area contributed by atoms with E-state index < -0.39 is 10.0 Å². The Labute approximate surface area is 203 Å². The Kier molecular flexibility index (Phi) is 5.94. The summed E-state index contributed by atoms with van der Waals surface area (Å²) in [5.41, 5.74) is 3.78. The Morgan fingerprint density at radius 2 is 1.80 bits per heavy atom. The summed E-state index contributed by atoms with van der Waals surface area (Å²) in [7, 11) is -2.16. The molecule has 2 aromatic carbocycles. The molecule has 5 rings (SSSR count). The number of sulfonamides is 1. The van der Waals surface area contributed by atoms with Gasteiger partial charge in [0.1, 0.15) is 5.82 Å². The summed E-state index contributed by atoms with van der Waals surface area (Å²) in [5, 5.41) is 13.4. The lowest BCUT2D eigenvalue weighted by Gasteiger charge is -2.43. The maximum Gasteiger partial charge on any atom is 0.264 e. The van der Waals surface area contributed by atoms with E-state index in [1.807, 2.05) is 6.92 Å². The van der Waals surface area contributed by atoms with Crippen molar-refractivity contribution in [3.63, 3.8) is 0 Å². The van der Waals surface area contributed by atoms with Crippen molar-refractivity contribution in [1.82, 2.24) is 34.0 Å². The molecule has 4 aromatic rings. The Bertz CT molecular complexity index is 1480. The van der Waals surface area contributed by atoms with Gasteiger partial charge in [-0.25, -0.2) is 17.5 Å². The molecular formula is C24H28FN7O2S. The summed E-state index contributed by atoms with van der Waals surface area (Å²) < 4.78 is 43.3. The molecule has 0 radical (unpaired) electrons. The van der Waals surface area contributed by atoms with E-state index in [-0.39, 0.29) is 22.9 Å². The van der Waals surface area contributed by atoms with Crippen LogP contribution in [0.15, 0.2) is 53.8 Å². The maximum absolute atomic E-state index is 13.4. The van der Waals surface area contributed by atoms with Crippen molar-refractivity contribution < 1.29 is 12.8 Å². The van der Waals surface area contributed by atoms with Gasteiger partial charge in [0.2, 0.25) is 5.03 Å². The standard InChI is InChI=1S/C24H28FN7O2S/c1-16(2)31-10-9-30(35(33,34)24-14-26-29(4)28-24)15-23(31)21-12-18-13-27-32(22(18)11-17(21)3)20-7-5-19(25)6-8-20/h5-8,11-14,16,23H,9-10,15H2,1-4H3. The van der Waals surface area contributed by atoms with Crippen LogP contribution in [0.25, 0.3) is 16.6 Å². The molecular weight excluding hydrogens is 469 g/mol. The molecule has 0 N–H and O–H groups in total. The summed E-state index contributed by atoms with van der Waals surface area (Å²) >= 11 is 0. The fourth-order valence-corrected chi connectivity index (χ4v) is 6.13. The molecule has 0 aliphatic carbocycles. The van der Waals surface area contributed by atoms with Gasteiger partial charge in [-0.2, -0.15) is 19.3 Å². The number of rotatable bonds is 5. The third-order valence-corrected chi connectivity index (χ3v) is 8.34. The molecule has 11 heteroatoms. The van der Waals surface area contributed by atoms with E-state index in [1.54, 1.807) is 30.1 Å². The molecule has 0 bridgehead atoms. The maximum atomic E-state index is 13.4. The van der Waals surface area contributed by atoms with Crippen LogP contribution < -0.4 is 0 Å². The number of hydrogen-bond donors (Lipinski definition) is 0. The lowest BCUT2D eigenvalue weighted by atomic mass is 9.95. The lowest BCUT2D eigenvalue weighted by Crippen LogP contribution is -2.52. The molecule has 3 heterocycles. The van der Waals surface area contributed by atoms with E-state index in [1.165, 1.54) is 27.4 Å². The van der Waals surface area contributed by atoms with Gasteiger partial charge in [0.05, 0.1) is 23.6 Å². The van der Waals surface area contributed by atoms with Gasteiger partial charge in [-0.15, -0.1) is 5.10 Å². The van der Waals surface area contributed by atoms with Crippen molar-refractivity contribution in [3.05, 3.63) is 65.7 Å². The molecule has 0 spiro atoms. The average molecular weight is 498 g/mol. The Morgan fingerprint density at radius 1 is 1.06 bits per heavy atom. The second-order valence-corrected chi connectivity index (χ2v) is 11.1. The zero-order valence-electron chi connectivity index (χ0n) is 20.1. The lowest BCUT2D eigenvalue weighted by molar-refractivity contribution is 0.0869. The van der Waals surface area contributed by atoms with Crippen LogP contribution in [-0.2, 0) is 17.1 Å². The Morgan fingerprint density at radius 3 is 2.46 bits per heavy atom. The van der Waals surface area contributed by atoms with Crippen LogP contribution >= 0.6 is 0 Å². The zero-order valence-corrected chi connectivity index (χ0v) is 20.9. The first-order valence-corrected chi connectivity index (χ1v) is 13.0. The summed E-state index contributed by atoms with van der Waals surface area (Å²) in [6, 6.07) is 10.5. The first kappa shape index (κ1) is 23.6. The SMILES string of the molecule is Cc1cc2c(cnn2-c2ccc(F)cc2)cc1C1CN(S(=O)(=O)c2cnn(C)n2)CCN1C(C)C. The van der Waals surface area contributed by atoms with Crippen LogP contribution in [0.5, 0.6) is 0 Å². The highest BCUT2D eigenvalue weighted by Crippen LogP contribution is 2.34. The minimum Gasteiger partial charge on any atom is -0.291 e. The fourth-order valence-electron chi connectivity index (χ4n) is 4.81. The van der Waals surface area contributed by atoms with Crippen LogP contribution in [0.1, 0.15) is 31.0 Å². The summed E-state index contributed by atoms with van der Waals surface area (Å²) in [5.74, 6) is -0.296. The van der Waals surface area contributed by atoms with Gasteiger partial charge in [-0.1, -0.05) is 0 Å². The van der Waals surface area contributed by atoms with Crippen molar-refractivity contribution >= 4 is 20.9 Å². The fraction of sp³-hybridized carbons (Fsp3) is 0.375. The number of halogens is 1. The van der Waals surface area contributed by atoms with E-state index in [4.69, 9.17) is 0 Å². The number of aromatic nitrogens is 5. The molecule has 0 amide bonds. The molecule has 1 saturated heterocycles. The van der Waals surface area contributed by atoms with Gasteiger partial charge >= 0.3 is 0 Å². The van der Waals surface area contributed by atoms with Crippen LogP contribution in [0, 0.1) is 12.7 Å². The van der Waals surface area contributed by atoms with Gasteiger partial charge in [-0.3, -0.25) is 4.90 Å². The van der Waals surface area contributed by atoms with Crippen molar-refractivity contribution in [2.24, 2.45) is 7.05 Å². The molecule has 184 valence electrons. The number of benzene rings is 2. The van der Waals surface area contributed by atoms with Crippen molar-refractivity contribution in [2.75, 3.05) is 19.6 Å². The third kappa shape index (κ3) is 4.24. The van der Waals surface area contributed by atoms with Crippen LogP contribution in [-0.4, -0.2) is 68.1 Å². The summed E-state index contributed by atoms with van der Waals surface area (Å²) in [6.07, 6.45) is 3.08. The molecule has 0 saturated carbocycles. The van der Waals surface area contributed by atoms with E-state index in [2.05, 4.69) is 46.2 Å². The van der Waals surface area contributed by atoms with Crippen LogP contribution in [0.4, 0.5) is 4.39 Å². The van der Waals surface area contributed by atoms with Crippen molar-refractivity contribution in [1.29, 1.82) is 0 Å². The van der Waals surface area contributed by atoms with E-state index in [0.29, 0.717) is 19.6 Å². The molecule has 2 aromatic heterocycles. The van der Waals surface area contributed by atoms with E-state index in [0.717, 1.165) is 27.7 Å². The quantitative estimate of drug-likeness (QED) is 0.421. The highest BCUT2D eigenvalue weighted by molar-refractivity contribution is 7.89. The second kappa shape index (κ2) is 8.81. The highest BCUT2D eigenvalue weighted by Gasteiger charge is 2.37. The predicted octanol–water partition coefficient (Wildman–Crippen LogP) is 3.06. The molecule has 35 heavy (non-hydrogen) atoms. The monoisotopic (exact) mass is 497 g/mol. The highest BCUT2D eigenvalue weighted by atomic mass is 32.2. The van der Waals surface area contributed by atoms with Gasteiger partial charge < -0.3 is 0 Å². The number of aryl methyl sites for hydroxylation is 2. The smallest absolute Gasteiger partial charge is 0.264 e. The first-order valence-electron chi connectivity index (χ1n) is 11.5. The van der Waals surface area contributed by atoms with Gasteiger partial charge in [0, 0.05) is 44.2 Å². The van der Waals surface area contributed by atoms with E-state index >= 15 is 0 Å². The van der Waals surface area contributed by atoms with Gasteiger partial charge in [-0.05, 0) is 68.3 Å². The Hall–Kier alpha value is -3.15. The van der Waals surface area contributed by atoms with Gasteiger partial charge in [0.25, 0.3) is 10.0 Å².